The van der Waals surface area contributed by atoms with Crippen molar-refractivity contribution in [3.63, 3.8) is 0 Å². The van der Waals surface area contributed by atoms with E-state index in [1.54, 1.807) is 24.3 Å². The van der Waals surface area contributed by atoms with Gasteiger partial charge in [-0.1, -0.05) is 60.2 Å². The molecule has 0 fully saturated rings. The van der Waals surface area contributed by atoms with Crippen molar-refractivity contribution in [3.05, 3.63) is 106 Å². The van der Waals surface area contributed by atoms with E-state index in [1.165, 1.54) is 0 Å². The second-order valence-electron chi connectivity index (χ2n) is 6.22. The number of aryl methyl sites for hydroxylation is 1. The summed E-state index contributed by atoms with van der Waals surface area (Å²) in [4.78, 5) is 25.6. The standard InChI is InChI=1S/C23H19BrN2O2/c1-16-11-13-18(14-12-16)25-23(28)21(15-17-7-3-2-4-8-17)26-22(27)19-9-5-6-10-20(19)24/h2-15H,1H3,(H,25,28)(H,26,27)/b21-15+. The number of halogens is 1. The first-order chi connectivity index (χ1) is 13.5. The van der Waals surface area contributed by atoms with E-state index in [2.05, 4.69) is 26.6 Å². The first kappa shape index (κ1) is 19.6. The molecule has 3 aromatic carbocycles. The third-order valence-corrected chi connectivity index (χ3v) is 4.72. The van der Waals surface area contributed by atoms with Crippen molar-refractivity contribution in [3.8, 4) is 0 Å². The Balaban J connectivity index is 1.87. The molecule has 2 amide bonds. The SMILES string of the molecule is Cc1ccc(NC(=O)/C(=C\c2ccccc2)NC(=O)c2ccccc2Br)cc1. The maximum Gasteiger partial charge on any atom is 0.272 e. The van der Waals surface area contributed by atoms with Gasteiger partial charge in [-0.3, -0.25) is 9.59 Å². The lowest BCUT2D eigenvalue weighted by Crippen LogP contribution is -2.31. The summed E-state index contributed by atoms with van der Waals surface area (Å²) >= 11 is 3.37. The van der Waals surface area contributed by atoms with Crippen LogP contribution >= 0.6 is 15.9 Å². The van der Waals surface area contributed by atoms with E-state index in [-0.39, 0.29) is 11.6 Å². The van der Waals surface area contributed by atoms with Crippen LogP contribution in [0, 0.1) is 6.92 Å². The molecule has 0 aliphatic rings. The average molecular weight is 435 g/mol. The number of amides is 2. The summed E-state index contributed by atoms with van der Waals surface area (Å²) in [7, 11) is 0. The van der Waals surface area contributed by atoms with Gasteiger partial charge in [0.2, 0.25) is 0 Å². The van der Waals surface area contributed by atoms with Gasteiger partial charge in [0.25, 0.3) is 11.8 Å². The van der Waals surface area contributed by atoms with Crippen LogP contribution in [0.2, 0.25) is 0 Å². The first-order valence-corrected chi connectivity index (χ1v) is 9.53. The second-order valence-corrected chi connectivity index (χ2v) is 7.08. The number of benzene rings is 3. The minimum atomic E-state index is -0.395. The summed E-state index contributed by atoms with van der Waals surface area (Å²) < 4.78 is 0.658. The largest absolute Gasteiger partial charge is 0.321 e. The molecule has 28 heavy (non-hydrogen) atoms. The first-order valence-electron chi connectivity index (χ1n) is 8.73. The molecule has 0 atom stereocenters. The fourth-order valence-electron chi connectivity index (χ4n) is 2.54. The zero-order valence-electron chi connectivity index (χ0n) is 15.3. The quantitative estimate of drug-likeness (QED) is 0.544. The fourth-order valence-corrected chi connectivity index (χ4v) is 3.01. The number of rotatable bonds is 5. The van der Waals surface area contributed by atoms with Gasteiger partial charge in [-0.15, -0.1) is 0 Å². The summed E-state index contributed by atoms with van der Waals surface area (Å²) in [6.45, 7) is 1.98. The van der Waals surface area contributed by atoms with Gasteiger partial charge in [-0.05, 0) is 58.8 Å². The molecule has 140 valence electrons. The van der Waals surface area contributed by atoms with Crippen molar-refractivity contribution in [2.75, 3.05) is 5.32 Å². The number of carbonyl (C=O) groups excluding carboxylic acids is 2. The molecule has 3 rings (SSSR count). The number of hydrogen-bond acceptors (Lipinski definition) is 2. The van der Waals surface area contributed by atoms with Gasteiger partial charge in [0.05, 0.1) is 5.56 Å². The van der Waals surface area contributed by atoms with Gasteiger partial charge in [-0.25, -0.2) is 0 Å². The van der Waals surface area contributed by atoms with Crippen molar-refractivity contribution in [1.29, 1.82) is 0 Å². The Labute approximate surface area is 172 Å². The molecule has 0 saturated heterocycles. The van der Waals surface area contributed by atoms with E-state index in [4.69, 9.17) is 0 Å². The van der Waals surface area contributed by atoms with Crippen molar-refractivity contribution in [2.45, 2.75) is 6.92 Å². The van der Waals surface area contributed by atoms with E-state index in [0.29, 0.717) is 15.7 Å². The third-order valence-electron chi connectivity index (χ3n) is 4.03. The van der Waals surface area contributed by atoms with Crippen LogP contribution in [0.1, 0.15) is 21.5 Å². The summed E-state index contributed by atoms with van der Waals surface area (Å²) in [5.74, 6) is -0.762. The lowest BCUT2D eigenvalue weighted by atomic mass is 10.1. The second kappa shape index (κ2) is 9.15. The van der Waals surface area contributed by atoms with Gasteiger partial charge in [0.1, 0.15) is 5.70 Å². The Morgan fingerprint density at radius 1 is 0.857 bits per heavy atom. The molecule has 3 aromatic rings. The third kappa shape index (κ3) is 5.18. The predicted molar refractivity (Wildman–Crippen MR) is 116 cm³/mol. The predicted octanol–water partition coefficient (Wildman–Crippen LogP) is 5.17. The van der Waals surface area contributed by atoms with Crippen LogP contribution in [0.4, 0.5) is 5.69 Å². The van der Waals surface area contributed by atoms with Crippen molar-refractivity contribution >= 4 is 39.5 Å². The number of hydrogen-bond donors (Lipinski definition) is 2. The van der Waals surface area contributed by atoms with Crippen LogP contribution in [-0.4, -0.2) is 11.8 Å². The Kier molecular flexibility index (Phi) is 6.40. The fraction of sp³-hybridized carbons (Fsp3) is 0.0435. The van der Waals surface area contributed by atoms with Gasteiger partial charge >= 0.3 is 0 Å². The molecule has 0 bridgehead atoms. The zero-order chi connectivity index (χ0) is 19.9. The minimum Gasteiger partial charge on any atom is -0.321 e. The Morgan fingerprint density at radius 3 is 2.18 bits per heavy atom. The number of carbonyl (C=O) groups is 2. The van der Waals surface area contributed by atoms with Crippen LogP contribution in [0.25, 0.3) is 6.08 Å². The van der Waals surface area contributed by atoms with Gasteiger partial charge < -0.3 is 10.6 Å². The van der Waals surface area contributed by atoms with E-state index in [0.717, 1.165) is 11.1 Å². The van der Waals surface area contributed by atoms with Crippen LogP contribution in [0.5, 0.6) is 0 Å². The Morgan fingerprint density at radius 2 is 1.50 bits per heavy atom. The monoisotopic (exact) mass is 434 g/mol. The molecular weight excluding hydrogens is 416 g/mol. The molecule has 2 N–H and O–H groups in total. The molecule has 0 saturated carbocycles. The van der Waals surface area contributed by atoms with Crippen molar-refractivity contribution < 1.29 is 9.59 Å². The summed E-state index contributed by atoms with van der Waals surface area (Å²) in [6.07, 6.45) is 1.65. The Hall–Kier alpha value is -3.18. The van der Waals surface area contributed by atoms with Crippen LogP contribution in [-0.2, 0) is 4.79 Å². The Bertz CT molecular complexity index is 1010. The normalized spacial score (nSPS) is 11.0. The topological polar surface area (TPSA) is 58.2 Å². The lowest BCUT2D eigenvalue weighted by Gasteiger charge is -2.12. The molecule has 0 aromatic heterocycles. The van der Waals surface area contributed by atoms with Crippen LogP contribution in [0.3, 0.4) is 0 Å². The lowest BCUT2D eigenvalue weighted by molar-refractivity contribution is -0.113. The zero-order valence-corrected chi connectivity index (χ0v) is 16.9. The van der Waals surface area contributed by atoms with Crippen LogP contribution < -0.4 is 10.6 Å². The molecule has 0 spiro atoms. The van der Waals surface area contributed by atoms with E-state index in [9.17, 15) is 9.59 Å². The van der Waals surface area contributed by atoms with E-state index < -0.39 is 5.91 Å². The highest BCUT2D eigenvalue weighted by Gasteiger charge is 2.16. The highest BCUT2D eigenvalue weighted by atomic mass is 79.9. The molecule has 5 heteroatoms. The van der Waals surface area contributed by atoms with E-state index >= 15 is 0 Å². The maximum absolute atomic E-state index is 12.8. The molecular formula is C23H19BrN2O2. The number of nitrogens with one attached hydrogen (secondary N) is 2. The van der Waals surface area contributed by atoms with Gasteiger partial charge in [0, 0.05) is 10.2 Å². The van der Waals surface area contributed by atoms with Crippen LogP contribution in [0.15, 0.2) is 89.0 Å². The van der Waals surface area contributed by atoms with Gasteiger partial charge in [0.15, 0.2) is 0 Å². The molecule has 4 nitrogen and oxygen atoms in total. The number of anilines is 1. The minimum absolute atomic E-state index is 0.160. The summed E-state index contributed by atoms with van der Waals surface area (Å²) in [6, 6.07) is 23.9. The van der Waals surface area contributed by atoms with Crippen molar-refractivity contribution in [1.82, 2.24) is 5.32 Å². The van der Waals surface area contributed by atoms with Crippen molar-refractivity contribution in [2.24, 2.45) is 0 Å². The highest BCUT2D eigenvalue weighted by Crippen LogP contribution is 2.17. The maximum atomic E-state index is 12.8. The van der Waals surface area contributed by atoms with E-state index in [1.807, 2.05) is 67.6 Å². The molecule has 0 unspecified atom stereocenters. The summed E-state index contributed by atoms with van der Waals surface area (Å²) in [5, 5.41) is 5.56. The average Bonchev–Trinajstić information content (AvgIpc) is 2.70. The van der Waals surface area contributed by atoms with Gasteiger partial charge in [-0.2, -0.15) is 0 Å². The molecule has 0 heterocycles. The molecule has 0 aliphatic carbocycles. The highest BCUT2D eigenvalue weighted by molar-refractivity contribution is 9.10. The smallest absolute Gasteiger partial charge is 0.272 e. The molecule has 0 radical (unpaired) electrons. The molecule has 0 aliphatic heterocycles. The summed E-state index contributed by atoms with van der Waals surface area (Å²) in [5.41, 5.74) is 3.17.